The van der Waals surface area contributed by atoms with E-state index in [1.54, 1.807) is 18.2 Å². The third-order valence-electron chi connectivity index (χ3n) is 3.80. The van der Waals surface area contributed by atoms with Gasteiger partial charge in [-0.3, -0.25) is 4.79 Å². The zero-order valence-corrected chi connectivity index (χ0v) is 12.4. The summed E-state index contributed by atoms with van der Waals surface area (Å²) in [6, 6.07) is 8.43. The lowest BCUT2D eigenvalue weighted by Gasteiger charge is -2.22. The summed E-state index contributed by atoms with van der Waals surface area (Å²) >= 11 is 0. The molecular formula is C17H20FN3O. The number of nitrogens with zero attached hydrogens (tertiary/aromatic N) is 1. The number of nitrogens with one attached hydrogen (secondary N) is 2. The molecule has 2 N–H and O–H groups in total. The maximum atomic E-state index is 13.5. The van der Waals surface area contributed by atoms with Crippen molar-refractivity contribution >= 4 is 5.91 Å². The minimum atomic E-state index is -0.365. The van der Waals surface area contributed by atoms with E-state index in [2.05, 4.69) is 10.6 Å². The first-order valence-corrected chi connectivity index (χ1v) is 7.58. The lowest BCUT2D eigenvalue weighted by Crippen LogP contribution is -2.37. The quantitative estimate of drug-likeness (QED) is 0.649. The highest BCUT2D eigenvalue weighted by molar-refractivity contribution is 5.97. The molecule has 4 nitrogen and oxygen atoms in total. The molecule has 0 unspecified atom stereocenters. The van der Waals surface area contributed by atoms with E-state index in [1.165, 1.54) is 18.7 Å². The van der Waals surface area contributed by atoms with Gasteiger partial charge in [0.05, 0.1) is 0 Å². The van der Waals surface area contributed by atoms with Gasteiger partial charge >= 0.3 is 0 Å². The average molecular weight is 301 g/mol. The molecule has 0 radical (unpaired) electrons. The molecule has 0 heterocycles. The SMILES string of the molecule is N#C/C(=C/NCc1ccccc1F)C(=O)NC1CCCCC1. The van der Waals surface area contributed by atoms with Crippen LogP contribution in [0.2, 0.25) is 0 Å². The number of hydrogen-bond donors (Lipinski definition) is 2. The Balaban J connectivity index is 1.88. The van der Waals surface area contributed by atoms with E-state index in [0.29, 0.717) is 5.56 Å². The van der Waals surface area contributed by atoms with Crippen LogP contribution in [0.5, 0.6) is 0 Å². The molecule has 1 saturated carbocycles. The number of carbonyl (C=O) groups excluding carboxylic acids is 1. The molecular weight excluding hydrogens is 281 g/mol. The summed E-state index contributed by atoms with van der Waals surface area (Å²) in [7, 11) is 0. The number of carbonyl (C=O) groups is 1. The van der Waals surface area contributed by atoms with Crippen molar-refractivity contribution in [3.8, 4) is 6.07 Å². The van der Waals surface area contributed by atoms with Crippen molar-refractivity contribution in [3.63, 3.8) is 0 Å². The van der Waals surface area contributed by atoms with E-state index in [-0.39, 0.29) is 29.9 Å². The van der Waals surface area contributed by atoms with Gasteiger partial charge < -0.3 is 10.6 Å². The molecule has 116 valence electrons. The number of halogens is 1. The van der Waals surface area contributed by atoms with E-state index in [4.69, 9.17) is 5.26 Å². The Morgan fingerprint density at radius 1 is 1.32 bits per heavy atom. The van der Waals surface area contributed by atoms with Crippen LogP contribution in [0.25, 0.3) is 0 Å². The van der Waals surface area contributed by atoms with Crippen LogP contribution in [0.1, 0.15) is 37.7 Å². The van der Waals surface area contributed by atoms with E-state index >= 15 is 0 Å². The summed E-state index contributed by atoms with van der Waals surface area (Å²) < 4.78 is 13.5. The number of rotatable bonds is 5. The van der Waals surface area contributed by atoms with E-state index in [1.807, 2.05) is 6.07 Å². The molecule has 0 aromatic heterocycles. The fraction of sp³-hybridized carbons (Fsp3) is 0.412. The van der Waals surface area contributed by atoms with Crippen LogP contribution in [-0.4, -0.2) is 11.9 Å². The lowest BCUT2D eigenvalue weighted by atomic mass is 9.95. The van der Waals surface area contributed by atoms with Gasteiger partial charge in [-0.1, -0.05) is 37.5 Å². The zero-order valence-electron chi connectivity index (χ0n) is 12.4. The summed E-state index contributed by atoms with van der Waals surface area (Å²) in [5.41, 5.74) is 0.505. The summed E-state index contributed by atoms with van der Waals surface area (Å²) in [6.07, 6.45) is 6.71. The fourth-order valence-electron chi connectivity index (χ4n) is 2.56. The lowest BCUT2D eigenvalue weighted by molar-refractivity contribution is -0.118. The Labute approximate surface area is 130 Å². The first-order valence-electron chi connectivity index (χ1n) is 7.58. The van der Waals surface area contributed by atoms with Gasteiger partial charge in [0.15, 0.2) is 0 Å². The van der Waals surface area contributed by atoms with Gasteiger partial charge in [0, 0.05) is 24.4 Å². The summed E-state index contributed by atoms with van der Waals surface area (Å²) in [5.74, 6) is -0.677. The van der Waals surface area contributed by atoms with E-state index in [0.717, 1.165) is 25.7 Å². The van der Waals surface area contributed by atoms with Gasteiger partial charge in [-0.15, -0.1) is 0 Å². The number of nitriles is 1. The van der Waals surface area contributed by atoms with Crippen molar-refractivity contribution < 1.29 is 9.18 Å². The number of hydrogen-bond acceptors (Lipinski definition) is 3. The topological polar surface area (TPSA) is 64.9 Å². The van der Waals surface area contributed by atoms with Crippen molar-refractivity contribution in [1.82, 2.24) is 10.6 Å². The van der Waals surface area contributed by atoms with Crippen LogP contribution in [0.4, 0.5) is 4.39 Å². The summed E-state index contributed by atoms with van der Waals surface area (Å²) in [5, 5.41) is 14.8. The minimum Gasteiger partial charge on any atom is -0.385 e. The first kappa shape index (κ1) is 16.0. The normalized spacial score (nSPS) is 15.9. The van der Waals surface area contributed by atoms with Crippen LogP contribution in [0, 0.1) is 17.1 Å². The van der Waals surface area contributed by atoms with E-state index in [9.17, 15) is 9.18 Å². The maximum absolute atomic E-state index is 13.5. The zero-order chi connectivity index (χ0) is 15.8. The Bertz CT molecular complexity index is 586. The highest BCUT2D eigenvalue weighted by Gasteiger charge is 2.17. The monoisotopic (exact) mass is 301 g/mol. The maximum Gasteiger partial charge on any atom is 0.263 e. The Kier molecular flexibility index (Phi) is 5.96. The molecule has 0 spiro atoms. The number of benzene rings is 1. The second kappa shape index (κ2) is 8.18. The predicted molar refractivity (Wildman–Crippen MR) is 82.0 cm³/mol. The smallest absolute Gasteiger partial charge is 0.263 e. The van der Waals surface area contributed by atoms with Crippen LogP contribution in [0.15, 0.2) is 36.0 Å². The van der Waals surface area contributed by atoms with Gasteiger partial charge in [-0.05, 0) is 18.9 Å². The van der Waals surface area contributed by atoms with Gasteiger partial charge in [-0.25, -0.2) is 4.39 Å². The molecule has 1 fully saturated rings. The third-order valence-corrected chi connectivity index (χ3v) is 3.80. The highest BCUT2D eigenvalue weighted by Crippen LogP contribution is 2.17. The number of amides is 1. The van der Waals surface area contributed by atoms with Crippen molar-refractivity contribution in [3.05, 3.63) is 47.4 Å². The minimum absolute atomic E-state index is 0.0157. The molecule has 0 atom stereocenters. The predicted octanol–water partition coefficient (Wildman–Crippen LogP) is 2.77. The Hall–Kier alpha value is -2.35. The Morgan fingerprint density at radius 2 is 2.05 bits per heavy atom. The molecule has 1 aromatic rings. The van der Waals surface area contributed by atoms with Crippen LogP contribution >= 0.6 is 0 Å². The van der Waals surface area contributed by atoms with Crippen molar-refractivity contribution in [2.75, 3.05) is 0 Å². The molecule has 5 heteroatoms. The first-order chi connectivity index (χ1) is 10.7. The second-order valence-corrected chi connectivity index (χ2v) is 5.45. The van der Waals surface area contributed by atoms with Gasteiger partial charge in [0.1, 0.15) is 17.5 Å². The molecule has 2 rings (SSSR count). The molecule has 1 aliphatic carbocycles. The van der Waals surface area contributed by atoms with Crippen LogP contribution in [0.3, 0.4) is 0 Å². The van der Waals surface area contributed by atoms with E-state index < -0.39 is 0 Å². The average Bonchev–Trinajstić information content (AvgIpc) is 2.54. The highest BCUT2D eigenvalue weighted by atomic mass is 19.1. The summed E-state index contributed by atoms with van der Waals surface area (Å²) in [6.45, 7) is 0.231. The molecule has 0 aliphatic heterocycles. The largest absolute Gasteiger partial charge is 0.385 e. The fourth-order valence-corrected chi connectivity index (χ4v) is 2.56. The molecule has 1 amide bonds. The molecule has 1 aliphatic rings. The van der Waals surface area contributed by atoms with Crippen LogP contribution < -0.4 is 10.6 Å². The van der Waals surface area contributed by atoms with Crippen molar-refractivity contribution in [2.24, 2.45) is 0 Å². The molecule has 1 aromatic carbocycles. The van der Waals surface area contributed by atoms with Gasteiger partial charge in [0.2, 0.25) is 0 Å². The van der Waals surface area contributed by atoms with Gasteiger partial charge in [-0.2, -0.15) is 5.26 Å². The third kappa shape index (κ3) is 4.59. The standard InChI is InChI=1S/C17H20FN3O/c18-16-9-5-4-6-13(16)11-20-12-14(10-19)17(22)21-15-7-2-1-3-8-15/h4-6,9,12,15,20H,1-3,7-8,11H2,(H,21,22)/b14-12-. The second-order valence-electron chi connectivity index (χ2n) is 5.45. The van der Waals surface area contributed by atoms with Crippen molar-refractivity contribution in [2.45, 2.75) is 44.7 Å². The molecule has 0 saturated heterocycles. The van der Waals surface area contributed by atoms with Crippen molar-refractivity contribution in [1.29, 1.82) is 5.26 Å². The Morgan fingerprint density at radius 3 is 2.73 bits per heavy atom. The van der Waals surface area contributed by atoms with Gasteiger partial charge in [0.25, 0.3) is 5.91 Å². The van der Waals surface area contributed by atoms with Crippen LogP contribution in [-0.2, 0) is 11.3 Å². The molecule has 0 bridgehead atoms. The molecule has 22 heavy (non-hydrogen) atoms. The summed E-state index contributed by atoms with van der Waals surface area (Å²) in [4.78, 5) is 12.0.